The normalized spacial score (nSPS) is 22.1. The molecule has 0 bridgehead atoms. The summed E-state index contributed by atoms with van der Waals surface area (Å²) in [6, 6.07) is 9.36. The van der Waals surface area contributed by atoms with Gasteiger partial charge in [0.25, 0.3) is 0 Å². The minimum atomic E-state index is 0.105. The second-order valence-electron chi connectivity index (χ2n) is 6.86. The van der Waals surface area contributed by atoms with E-state index in [9.17, 15) is 4.79 Å². The van der Waals surface area contributed by atoms with E-state index in [0.717, 1.165) is 32.5 Å². The quantitative estimate of drug-likeness (QED) is 0.905. The predicted molar refractivity (Wildman–Crippen MR) is 91.6 cm³/mol. The van der Waals surface area contributed by atoms with Gasteiger partial charge in [0, 0.05) is 31.6 Å². The molecule has 1 N–H and O–H groups in total. The maximum Gasteiger partial charge on any atom is 0.225 e. The molecule has 122 valence electrons. The molecule has 1 aliphatic rings. The van der Waals surface area contributed by atoms with E-state index < -0.39 is 0 Å². The van der Waals surface area contributed by atoms with Crippen LogP contribution in [-0.2, 0) is 17.8 Å². The van der Waals surface area contributed by atoms with Gasteiger partial charge in [0.15, 0.2) is 0 Å². The van der Waals surface area contributed by atoms with Crippen LogP contribution in [0.4, 0.5) is 0 Å². The van der Waals surface area contributed by atoms with Crippen molar-refractivity contribution in [1.29, 1.82) is 0 Å². The molecule has 0 aromatic heterocycles. The number of hydrogen-bond donors (Lipinski definition) is 1. The third-order valence-electron chi connectivity index (χ3n) is 4.71. The summed E-state index contributed by atoms with van der Waals surface area (Å²) >= 11 is 0. The van der Waals surface area contributed by atoms with E-state index in [4.69, 9.17) is 0 Å². The monoisotopic (exact) mass is 302 g/mol. The van der Waals surface area contributed by atoms with Crippen LogP contribution in [0.25, 0.3) is 0 Å². The summed E-state index contributed by atoms with van der Waals surface area (Å²) < 4.78 is 0. The fourth-order valence-electron chi connectivity index (χ4n) is 3.16. The van der Waals surface area contributed by atoms with Gasteiger partial charge in [0.05, 0.1) is 0 Å². The van der Waals surface area contributed by atoms with Gasteiger partial charge in [-0.15, -0.1) is 0 Å². The summed E-state index contributed by atoms with van der Waals surface area (Å²) in [6.45, 7) is 11.1. The van der Waals surface area contributed by atoms with Crippen LogP contribution in [-0.4, -0.2) is 29.9 Å². The summed E-state index contributed by atoms with van der Waals surface area (Å²) in [4.78, 5) is 14.1. The van der Waals surface area contributed by atoms with Crippen molar-refractivity contribution in [2.45, 2.75) is 53.1 Å². The van der Waals surface area contributed by atoms with E-state index >= 15 is 0 Å². The first-order chi connectivity index (χ1) is 10.5. The number of carbonyl (C=O) groups excluding carboxylic acids is 1. The van der Waals surface area contributed by atoms with E-state index in [0.29, 0.717) is 17.9 Å². The summed E-state index contributed by atoms with van der Waals surface area (Å²) in [5.41, 5.74) is 2.72. The first kappa shape index (κ1) is 17.0. The van der Waals surface area contributed by atoms with Gasteiger partial charge in [-0.2, -0.15) is 0 Å². The molecule has 0 spiro atoms. The SMILES string of the molecule is CCc1ccc(CN[C@H]2CCN(C(=O)C(C)C)C[C@H]2C)cc1. The highest BCUT2D eigenvalue weighted by molar-refractivity contribution is 5.78. The maximum absolute atomic E-state index is 12.1. The molecule has 1 heterocycles. The van der Waals surface area contributed by atoms with Crippen LogP contribution in [0.1, 0.15) is 45.2 Å². The Kier molecular flexibility index (Phi) is 6.01. The smallest absolute Gasteiger partial charge is 0.225 e. The molecule has 1 aliphatic heterocycles. The summed E-state index contributed by atoms with van der Waals surface area (Å²) in [6.07, 6.45) is 2.14. The molecule has 2 rings (SSSR count). The standard InChI is InChI=1S/C19H30N2O/c1-5-16-6-8-17(9-7-16)12-20-18-10-11-21(13-15(18)4)19(22)14(2)3/h6-9,14-15,18,20H,5,10-13H2,1-4H3/t15-,18+/m1/s1. The molecule has 1 amide bonds. The third-order valence-corrected chi connectivity index (χ3v) is 4.71. The van der Waals surface area contributed by atoms with Crippen LogP contribution in [0, 0.1) is 11.8 Å². The fourth-order valence-corrected chi connectivity index (χ4v) is 3.16. The number of likely N-dealkylation sites (tertiary alicyclic amines) is 1. The highest BCUT2D eigenvalue weighted by Gasteiger charge is 2.29. The highest BCUT2D eigenvalue weighted by Crippen LogP contribution is 2.19. The summed E-state index contributed by atoms with van der Waals surface area (Å²) in [5, 5.41) is 3.68. The van der Waals surface area contributed by atoms with E-state index in [-0.39, 0.29) is 5.92 Å². The number of nitrogens with zero attached hydrogens (tertiary/aromatic N) is 1. The Morgan fingerprint density at radius 2 is 1.91 bits per heavy atom. The predicted octanol–water partition coefficient (Wildman–Crippen LogP) is 3.23. The second kappa shape index (κ2) is 7.77. The number of carbonyl (C=O) groups is 1. The van der Waals surface area contributed by atoms with E-state index in [1.54, 1.807) is 0 Å². The third kappa shape index (κ3) is 4.33. The van der Waals surface area contributed by atoms with E-state index in [2.05, 4.69) is 43.4 Å². The van der Waals surface area contributed by atoms with Gasteiger partial charge in [-0.05, 0) is 29.9 Å². The number of nitrogens with one attached hydrogen (secondary N) is 1. The Bertz CT molecular complexity index is 481. The van der Waals surface area contributed by atoms with Gasteiger partial charge < -0.3 is 10.2 Å². The van der Waals surface area contributed by atoms with Crippen molar-refractivity contribution in [3.8, 4) is 0 Å². The lowest BCUT2D eigenvalue weighted by Gasteiger charge is -2.38. The van der Waals surface area contributed by atoms with Crippen molar-refractivity contribution < 1.29 is 4.79 Å². The summed E-state index contributed by atoms with van der Waals surface area (Å²) in [5.74, 6) is 0.903. The minimum Gasteiger partial charge on any atom is -0.342 e. The highest BCUT2D eigenvalue weighted by atomic mass is 16.2. The lowest BCUT2D eigenvalue weighted by molar-refractivity contribution is -0.136. The lowest BCUT2D eigenvalue weighted by Crippen LogP contribution is -2.50. The molecule has 1 aromatic carbocycles. The average molecular weight is 302 g/mol. The van der Waals surface area contributed by atoms with Crippen molar-refractivity contribution in [2.24, 2.45) is 11.8 Å². The number of aryl methyl sites for hydroxylation is 1. The molecule has 0 saturated carbocycles. The topological polar surface area (TPSA) is 32.3 Å². The van der Waals surface area contributed by atoms with Crippen LogP contribution < -0.4 is 5.32 Å². The van der Waals surface area contributed by atoms with Gasteiger partial charge >= 0.3 is 0 Å². The molecule has 0 aliphatic carbocycles. The van der Waals surface area contributed by atoms with Crippen LogP contribution in [0.15, 0.2) is 24.3 Å². The molecule has 0 radical (unpaired) electrons. The molecule has 1 aromatic rings. The molecule has 1 fully saturated rings. The Morgan fingerprint density at radius 3 is 2.45 bits per heavy atom. The van der Waals surface area contributed by atoms with Crippen molar-refractivity contribution >= 4 is 5.91 Å². The molecule has 3 heteroatoms. The molecule has 1 saturated heterocycles. The zero-order valence-corrected chi connectivity index (χ0v) is 14.4. The number of hydrogen-bond acceptors (Lipinski definition) is 2. The van der Waals surface area contributed by atoms with Crippen LogP contribution in [0.2, 0.25) is 0 Å². The molecule has 3 nitrogen and oxygen atoms in total. The van der Waals surface area contributed by atoms with Crippen molar-refractivity contribution in [2.75, 3.05) is 13.1 Å². The number of benzene rings is 1. The van der Waals surface area contributed by atoms with Crippen molar-refractivity contribution in [1.82, 2.24) is 10.2 Å². The van der Waals surface area contributed by atoms with Gasteiger partial charge in [-0.1, -0.05) is 52.0 Å². The minimum absolute atomic E-state index is 0.105. The fraction of sp³-hybridized carbons (Fsp3) is 0.632. The van der Waals surface area contributed by atoms with Crippen molar-refractivity contribution in [3.63, 3.8) is 0 Å². The first-order valence-corrected chi connectivity index (χ1v) is 8.61. The average Bonchev–Trinajstić information content (AvgIpc) is 2.53. The van der Waals surface area contributed by atoms with Gasteiger partial charge in [0.1, 0.15) is 0 Å². The molecule has 0 unspecified atom stereocenters. The Hall–Kier alpha value is -1.35. The number of rotatable bonds is 5. The summed E-state index contributed by atoms with van der Waals surface area (Å²) in [7, 11) is 0. The Morgan fingerprint density at radius 1 is 1.27 bits per heavy atom. The molecular weight excluding hydrogens is 272 g/mol. The molecular formula is C19H30N2O. The maximum atomic E-state index is 12.1. The van der Waals surface area contributed by atoms with Crippen LogP contribution >= 0.6 is 0 Å². The molecule has 2 atom stereocenters. The first-order valence-electron chi connectivity index (χ1n) is 8.61. The largest absolute Gasteiger partial charge is 0.342 e. The van der Waals surface area contributed by atoms with Crippen LogP contribution in [0.5, 0.6) is 0 Å². The molecule has 22 heavy (non-hydrogen) atoms. The Labute approximate surface area is 135 Å². The van der Waals surface area contributed by atoms with Crippen LogP contribution in [0.3, 0.4) is 0 Å². The zero-order valence-electron chi connectivity index (χ0n) is 14.4. The Balaban J connectivity index is 1.83. The van der Waals surface area contributed by atoms with Crippen molar-refractivity contribution in [3.05, 3.63) is 35.4 Å². The van der Waals surface area contributed by atoms with Gasteiger partial charge in [0.2, 0.25) is 5.91 Å². The number of piperidine rings is 1. The number of amides is 1. The second-order valence-corrected chi connectivity index (χ2v) is 6.86. The zero-order chi connectivity index (χ0) is 16.1. The lowest BCUT2D eigenvalue weighted by atomic mass is 9.92. The van der Waals surface area contributed by atoms with E-state index in [1.165, 1.54) is 11.1 Å². The van der Waals surface area contributed by atoms with E-state index in [1.807, 2.05) is 18.7 Å². The van der Waals surface area contributed by atoms with Gasteiger partial charge in [-0.25, -0.2) is 0 Å². The van der Waals surface area contributed by atoms with Gasteiger partial charge in [-0.3, -0.25) is 4.79 Å².